The Balaban J connectivity index is 1.72. The first kappa shape index (κ1) is 20.8. The van der Waals surface area contributed by atoms with E-state index in [9.17, 15) is 36.3 Å². The molecule has 158 valence electrons. The number of nitrogens with one attached hydrogen (secondary N) is 1. The molecule has 4 fully saturated rings. The number of imide groups is 1. The number of hydrogen-bond donors (Lipinski definition) is 1. The van der Waals surface area contributed by atoms with E-state index in [-0.39, 0.29) is 18.3 Å². The van der Waals surface area contributed by atoms with Crippen LogP contribution in [0.5, 0.6) is 0 Å². The minimum atomic E-state index is -5.24. The molecule has 0 heterocycles. The monoisotopic (exact) mass is 413 g/mol. The van der Waals surface area contributed by atoms with Gasteiger partial charge in [-0.1, -0.05) is 0 Å². The highest BCUT2D eigenvalue weighted by molar-refractivity contribution is 5.95. The second kappa shape index (κ2) is 6.55. The Labute approximate surface area is 157 Å². The Kier molecular flexibility index (Phi) is 4.86. The Hall–Kier alpha value is -1.94. The number of alkyl halides is 5. The van der Waals surface area contributed by atoms with Crippen LogP contribution in [0.2, 0.25) is 0 Å². The van der Waals surface area contributed by atoms with Crippen LogP contribution in [0.4, 0.5) is 26.7 Å². The van der Waals surface area contributed by atoms with Crippen LogP contribution in [-0.4, -0.2) is 42.3 Å². The first-order valence-electron chi connectivity index (χ1n) is 8.88. The van der Waals surface area contributed by atoms with Gasteiger partial charge in [-0.15, -0.1) is 0 Å². The van der Waals surface area contributed by atoms with Gasteiger partial charge in [0, 0.05) is 13.3 Å². The van der Waals surface area contributed by atoms with Gasteiger partial charge in [0.25, 0.3) is 5.92 Å². The summed E-state index contributed by atoms with van der Waals surface area (Å²) < 4.78 is 73.0. The predicted octanol–water partition coefficient (Wildman–Crippen LogP) is 3.34. The van der Waals surface area contributed by atoms with Crippen molar-refractivity contribution in [2.75, 3.05) is 6.61 Å². The van der Waals surface area contributed by atoms with E-state index in [1.807, 2.05) is 0 Å². The maximum absolute atomic E-state index is 13.0. The zero-order valence-corrected chi connectivity index (χ0v) is 15.0. The van der Waals surface area contributed by atoms with E-state index in [0.29, 0.717) is 32.6 Å². The van der Waals surface area contributed by atoms with Gasteiger partial charge in [0.05, 0.1) is 5.41 Å². The molecule has 4 aliphatic carbocycles. The lowest BCUT2D eigenvalue weighted by molar-refractivity contribution is -0.202. The number of carbonyl (C=O) groups excluding carboxylic acids is 3. The van der Waals surface area contributed by atoms with E-state index in [1.54, 1.807) is 0 Å². The number of ether oxygens (including phenoxy) is 2. The molecule has 28 heavy (non-hydrogen) atoms. The smallest absolute Gasteiger partial charge is 0.459 e. The fraction of sp³-hybridized carbons (Fsp3) is 0.824. The molecule has 4 bridgehead atoms. The molecule has 11 heteroatoms. The lowest BCUT2D eigenvalue weighted by atomic mass is 9.48. The number of amides is 2. The van der Waals surface area contributed by atoms with Crippen molar-refractivity contribution in [1.29, 1.82) is 0 Å². The molecule has 0 saturated heterocycles. The van der Waals surface area contributed by atoms with Crippen LogP contribution < -0.4 is 5.32 Å². The van der Waals surface area contributed by atoms with Gasteiger partial charge < -0.3 is 9.47 Å². The van der Waals surface area contributed by atoms with E-state index in [2.05, 4.69) is 0 Å². The Morgan fingerprint density at radius 2 is 1.61 bits per heavy atom. The lowest BCUT2D eigenvalue weighted by Gasteiger charge is -2.59. The SMILES string of the molecule is CC(F)(F)COC(=O)C12CC3CC(CC(OC(=O)NC(=O)C(F)(F)F)(C3)C1)C2. The molecule has 1 N–H and O–H groups in total. The number of alkyl carbamates (subject to hydrolysis) is 1. The fourth-order valence-corrected chi connectivity index (χ4v) is 5.27. The first-order valence-corrected chi connectivity index (χ1v) is 8.88. The molecular formula is C17H20F5NO5. The lowest BCUT2D eigenvalue weighted by Crippen LogP contribution is -2.61. The molecule has 0 radical (unpaired) electrons. The van der Waals surface area contributed by atoms with E-state index >= 15 is 0 Å². The summed E-state index contributed by atoms with van der Waals surface area (Å²) in [5.41, 5.74) is -2.32. The molecule has 0 aliphatic heterocycles. The highest BCUT2D eigenvalue weighted by Gasteiger charge is 2.63. The quantitative estimate of drug-likeness (QED) is 0.565. The van der Waals surface area contributed by atoms with Crippen LogP contribution in [0.15, 0.2) is 0 Å². The number of esters is 1. The van der Waals surface area contributed by atoms with Gasteiger partial charge in [-0.3, -0.25) is 14.9 Å². The molecule has 0 aromatic heterocycles. The van der Waals surface area contributed by atoms with Crippen molar-refractivity contribution in [3.63, 3.8) is 0 Å². The highest BCUT2D eigenvalue weighted by Crippen LogP contribution is 2.63. The van der Waals surface area contributed by atoms with E-state index in [1.165, 1.54) is 0 Å². The largest absolute Gasteiger partial charge is 0.471 e. The van der Waals surface area contributed by atoms with Crippen LogP contribution in [0.1, 0.15) is 45.4 Å². The third-order valence-corrected chi connectivity index (χ3v) is 5.68. The molecule has 0 aromatic carbocycles. The van der Waals surface area contributed by atoms with Crippen LogP contribution in [0, 0.1) is 17.3 Å². The van der Waals surface area contributed by atoms with Gasteiger partial charge in [-0.05, 0) is 43.9 Å². The third-order valence-electron chi connectivity index (χ3n) is 5.68. The van der Waals surface area contributed by atoms with E-state index in [4.69, 9.17) is 9.47 Å². The van der Waals surface area contributed by atoms with Crippen molar-refractivity contribution in [2.45, 2.75) is 63.1 Å². The zero-order chi connectivity index (χ0) is 21.0. The molecule has 2 amide bonds. The third kappa shape index (κ3) is 4.22. The summed E-state index contributed by atoms with van der Waals surface area (Å²) in [6, 6.07) is 0. The average Bonchev–Trinajstić information content (AvgIpc) is 2.48. The van der Waals surface area contributed by atoms with Crippen molar-refractivity contribution >= 4 is 18.0 Å². The van der Waals surface area contributed by atoms with Crippen LogP contribution >= 0.6 is 0 Å². The summed E-state index contributed by atoms with van der Waals surface area (Å²) in [5.74, 6) is -6.52. The predicted molar refractivity (Wildman–Crippen MR) is 82.1 cm³/mol. The molecular weight excluding hydrogens is 393 g/mol. The van der Waals surface area contributed by atoms with Gasteiger partial charge in [-0.2, -0.15) is 13.2 Å². The highest BCUT2D eigenvalue weighted by atomic mass is 19.4. The molecule has 4 saturated carbocycles. The number of hydrogen-bond acceptors (Lipinski definition) is 5. The molecule has 2 unspecified atom stereocenters. The Morgan fingerprint density at radius 1 is 1.04 bits per heavy atom. The summed E-state index contributed by atoms with van der Waals surface area (Å²) in [5, 5.41) is 1.14. The Morgan fingerprint density at radius 3 is 2.11 bits per heavy atom. The van der Waals surface area contributed by atoms with Crippen LogP contribution in [0.25, 0.3) is 0 Å². The van der Waals surface area contributed by atoms with Crippen molar-refractivity contribution < 1.29 is 45.8 Å². The summed E-state index contributed by atoms with van der Waals surface area (Å²) in [6.45, 7) is -0.454. The van der Waals surface area contributed by atoms with Crippen molar-refractivity contribution in [2.24, 2.45) is 17.3 Å². The molecule has 6 nitrogen and oxygen atoms in total. The van der Waals surface area contributed by atoms with Crippen molar-refractivity contribution in [3.05, 3.63) is 0 Å². The van der Waals surface area contributed by atoms with E-state index in [0.717, 1.165) is 11.7 Å². The number of carbonyl (C=O) groups is 3. The van der Waals surface area contributed by atoms with Crippen LogP contribution in [0.3, 0.4) is 0 Å². The van der Waals surface area contributed by atoms with Crippen molar-refractivity contribution in [1.82, 2.24) is 5.32 Å². The summed E-state index contributed by atoms with van der Waals surface area (Å²) in [6.07, 6.45) is -4.56. The summed E-state index contributed by atoms with van der Waals surface area (Å²) >= 11 is 0. The normalized spacial score (nSPS) is 34.1. The molecule has 4 aliphatic rings. The minimum absolute atomic E-state index is 0.0191. The maximum atomic E-state index is 13.0. The number of rotatable bonds is 4. The van der Waals surface area contributed by atoms with Crippen molar-refractivity contribution in [3.8, 4) is 0 Å². The molecule has 2 atom stereocenters. The van der Waals surface area contributed by atoms with Crippen LogP contribution in [-0.2, 0) is 19.1 Å². The van der Waals surface area contributed by atoms with Gasteiger partial charge in [0.15, 0.2) is 6.61 Å². The topological polar surface area (TPSA) is 81.7 Å². The maximum Gasteiger partial charge on any atom is 0.471 e. The van der Waals surface area contributed by atoms with E-state index < -0.39 is 47.7 Å². The molecule has 4 rings (SSSR count). The zero-order valence-electron chi connectivity index (χ0n) is 15.0. The minimum Gasteiger partial charge on any atom is -0.459 e. The first-order chi connectivity index (χ1) is 12.7. The molecule has 0 aromatic rings. The number of halogens is 5. The van der Waals surface area contributed by atoms with Gasteiger partial charge in [-0.25, -0.2) is 13.6 Å². The average molecular weight is 413 g/mol. The van der Waals surface area contributed by atoms with Gasteiger partial charge in [0.2, 0.25) is 0 Å². The standard InChI is InChI=1S/C17H20F5NO5/c1-14(18,19)8-27-12(25)15-3-9-2-10(4-15)6-16(5-9,7-15)28-13(26)23-11(24)17(20,21)22/h9-10H,2-8H2,1H3,(H,23,24,26). The van der Waals surface area contributed by atoms with Gasteiger partial charge >= 0.3 is 24.1 Å². The Bertz CT molecular complexity index is 672. The summed E-state index contributed by atoms with van der Waals surface area (Å²) in [7, 11) is 0. The second-order valence-electron chi connectivity index (χ2n) is 8.41. The summed E-state index contributed by atoms with van der Waals surface area (Å²) in [4.78, 5) is 35.3. The van der Waals surface area contributed by atoms with Gasteiger partial charge in [0.1, 0.15) is 5.60 Å². The fourth-order valence-electron chi connectivity index (χ4n) is 5.27. The second-order valence-corrected chi connectivity index (χ2v) is 8.41. The molecule has 0 spiro atoms.